The highest BCUT2D eigenvalue weighted by atomic mass is 16.3. The maximum absolute atomic E-state index is 10.6. The average molecular weight is 223 g/mol. The fraction of sp³-hybridized carbons (Fsp3) is 0.833. The van der Waals surface area contributed by atoms with Crippen molar-refractivity contribution in [1.82, 2.24) is 14.8 Å². The molecular formula is C12H21N3O. The van der Waals surface area contributed by atoms with Crippen molar-refractivity contribution in [3.63, 3.8) is 0 Å². The molecule has 0 spiro atoms. The summed E-state index contributed by atoms with van der Waals surface area (Å²) in [6.07, 6.45) is 8.83. The van der Waals surface area contributed by atoms with Gasteiger partial charge in [0.05, 0.1) is 5.60 Å². The smallest absolute Gasteiger partial charge is 0.138 e. The Morgan fingerprint density at radius 3 is 2.62 bits per heavy atom. The number of aliphatic hydroxyl groups is 1. The van der Waals surface area contributed by atoms with E-state index in [0.717, 1.165) is 38.1 Å². The number of aromatic nitrogens is 3. The van der Waals surface area contributed by atoms with Crippen LogP contribution in [0, 0.1) is 0 Å². The molecule has 0 atom stereocenters. The summed E-state index contributed by atoms with van der Waals surface area (Å²) in [6, 6.07) is 0. The molecule has 1 saturated carbocycles. The van der Waals surface area contributed by atoms with Crippen LogP contribution in [0.15, 0.2) is 6.33 Å². The lowest BCUT2D eigenvalue weighted by atomic mass is 9.90. The van der Waals surface area contributed by atoms with Crippen LogP contribution in [0.5, 0.6) is 0 Å². The number of hydrogen-bond acceptors (Lipinski definition) is 3. The van der Waals surface area contributed by atoms with Crippen LogP contribution in [0.25, 0.3) is 0 Å². The molecule has 0 bridgehead atoms. The van der Waals surface area contributed by atoms with Gasteiger partial charge in [0, 0.05) is 13.0 Å². The predicted octanol–water partition coefficient (Wildman–Crippen LogP) is 1.93. The van der Waals surface area contributed by atoms with Gasteiger partial charge >= 0.3 is 0 Å². The monoisotopic (exact) mass is 223 g/mol. The molecule has 0 unspecified atom stereocenters. The third-order valence-corrected chi connectivity index (χ3v) is 3.52. The standard InChI is InChI=1S/C12H21N3O/c1-2-15-11(13-10-14-15)9-12(16)7-5-3-4-6-8-12/h10,16H,2-9H2,1H3. The van der Waals surface area contributed by atoms with Crippen LogP contribution in [-0.4, -0.2) is 25.5 Å². The lowest BCUT2D eigenvalue weighted by Gasteiger charge is -2.26. The van der Waals surface area contributed by atoms with Crippen molar-refractivity contribution in [2.75, 3.05) is 0 Å². The zero-order valence-electron chi connectivity index (χ0n) is 10.0. The summed E-state index contributed by atoms with van der Waals surface area (Å²) in [5.41, 5.74) is -0.545. The molecule has 1 fully saturated rings. The minimum Gasteiger partial charge on any atom is -0.389 e. The molecular weight excluding hydrogens is 202 g/mol. The van der Waals surface area contributed by atoms with Crippen LogP contribution in [0.1, 0.15) is 51.3 Å². The molecule has 0 radical (unpaired) electrons. The quantitative estimate of drug-likeness (QED) is 0.796. The zero-order valence-corrected chi connectivity index (χ0v) is 10.0. The minimum absolute atomic E-state index is 0.545. The van der Waals surface area contributed by atoms with Gasteiger partial charge in [-0.25, -0.2) is 4.98 Å². The number of rotatable bonds is 3. The molecule has 1 aromatic rings. The molecule has 90 valence electrons. The molecule has 16 heavy (non-hydrogen) atoms. The van der Waals surface area contributed by atoms with E-state index in [1.807, 2.05) is 4.68 Å². The normalized spacial score (nSPS) is 20.6. The Hall–Kier alpha value is -0.900. The largest absolute Gasteiger partial charge is 0.389 e. The lowest BCUT2D eigenvalue weighted by Crippen LogP contribution is -2.32. The van der Waals surface area contributed by atoms with Gasteiger partial charge in [0.1, 0.15) is 12.2 Å². The number of aryl methyl sites for hydroxylation is 1. The Kier molecular flexibility index (Phi) is 3.59. The third-order valence-electron chi connectivity index (χ3n) is 3.52. The summed E-state index contributed by atoms with van der Waals surface area (Å²) in [6.45, 7) is 2.88. The second-order valence-corrected chi connectivity index (χ2v) is 4.81. The first-order valence-corrected chi connectivity index (χ1v) is 6.32. The van der Waals surface area contributed by atoms with E-state index in [1.165, 1.54) is 12.8 Å². The molecule has 0 aromatic carbocycles. The van der Waals surface area contributed by atoms with Gasteiger partial charge in [-0.15, -0.1) is 0 Å². The highest BCUT2D eigenvalue weighted by molar-refractivity contribution is 4.95. The topological polar surface area (TPSA) is 50.9 Å². The van der Waals surface area contributed by atoms with Gasteiger partial charge in [0.2, 0.25) is 0 Å². The highest BCUT2D eigenvalue weighted by Crippen LogP contribution is 2.29. The van der Waals surface area contributed by atoms with Gasteiger partial charge in [-0.3, -0.25) is 4.68 Å². The zero-order chi connectivity index (χ0) is 11.4. The second kappa shape index (κ2) is 4.95. The van der Waals surface area contributed by atoms with Crippen LogP contribution >= 0.6 is 0 Å². The van der Waals surface area contributed by atoms with Crippen LogP contribution in [0.3, 0.4) is 0 Å². The van der Waals surface area contributed by atoms with Crippen LogP contribution in [0.2, 0.25) is 0 Å². The molecule has 4 heteroatoms. The molecule has 4 nitrogen and oxygen atoms in total. The summed E-state index contributed by atoms with van der Waals surface area (Å²) in [5, 5.41) is 14.7. The van der Waals surface area contributed by atoms with Gasteiger partial charge in [0.15, 0.2) is 0 Å². The van der Waals surface area contributed by atoms with E-state index in [0.29, 0.717) is 6.42 Å². The molecule has 1 aliphatic carbocycles. The summed E-state index contributed by atoms with van der Waals surface area (Å²) < 4.78 is 1.88. The van der Waals surface area contributed by atoms with E-state index < -0.39 is 5.60 Å². The van der Waals surface area contributed by atoms with Crippen molar-refractivity contribution in [2.45, 2.75) is 64.0 Å². The van der Waals surface area contributed by atoms with Crippen LogP contribution < -0.4 is 0 Å². The molecule has 0 saturated heterocycles. The Bertz CT molecular complexity index is 327. The van der Waals surface area contributed by atoms with Gasteiger partial charge in [-0.05, 0) is 19.8 Å². The minimum atomic E-state index is -0.545. The lowest BCUT2D eigenvalue weighted by molar-refractivity contribution is 0.0224. The fourth-order valence-electron chi connectivity index (χ4n) is 2.55. The maximum atomic E-state index is 10.6. The SMILES string of the molecule is CCn1ncnc1CC1(O)CCCCCC1. The van der Waals surface area contributed by atoms with Crippen molar-refractivity contribution in [3.8, 4) is 0 Å². The summed E-state index contributed by atoms with van der Waals surface area (Å²) >= 11 is 0. The molecule has 1 aliphatic rings. The number of hydrogen-bond donors (Lipinski definition) is 1. The van der Waals surface area contributed by atoms with Crippen LogP contribution in [-0.2, 0) is 13.0 Å². The Labute approximate surface area is 96.7 Å². The summed E-state index contributed by atoms with van der Waals surface area (Å²) in [4.78, 5) is 4.25. The van der Waals surface area contributed by atoms with Crippen LogP contribution in [0.4, 0.5) is 0 Å². The first kappa shape index (κ1) is 11.6. The number of nitrogens with zero attached hydrogens (tertiary/aromatic N) is 3. The Morgan fingerprint density at radius 2 is 2.00 bits per heavy atom. The average Bonchev–Trinajstić information content (AvgIpc) is 2.59. The van der Waals surface area contributed by atoms with Crippen molar-refractivity contribution >= 4 is 0 Å². The fourth-order valence-corrected chi connectivity index (χ4v) is 2.55. The van der Waals surface area contributed by atoms with Crippen molar-refractivity contribution in [1.29, 1.82) is 0 Å². The molecule has 2 rings (SSSR count). The van der Waals surface area contributed by atoms with Crippen molar-refractivity contribution in [3.05, 3.63) is 12.2 Å². The first-order valence-electron chi connectivity index (χ1n) is 6.32. The van der Waals surface area contributed by atoms with Gasteiger partial charge in [-0.1, -0.05) is 25.7 Å². The predicted molar refractivity (Wildman–Crippen MR) is 62.1 cm³/mol. The van der Waals surface area contributed by atoms with E-state index in [-0.39, 0.29) is 0 Å². The maximum Gasteiger partial charge on any atom is 0.138 e. The Morgan fingerprint density at radius 1 is 1.31 bits per heavy atom. The molecule has 0 aliphatic heterocycles. The van der Waals surface area contributed by atoms with Crippen molar-refractivity contribution in [2.24, 2.45) is 0 Å². The summed E-state index contributed by atoms with van der Waals surface area (Å²) in [5.74, 6) is 0.923. The Balaban J connectivity index is 2.06. The third kappa shape index (κ3) is 2.61. The van der Waals surface area contributed by atoms with Gasteiger partial charge in [-0.2, -0.15) is 5.10 Å². The molecule has 1 aromatic heterocycles. The van der Waals surface area contributed by atoms with E-state index in [9.17, 15) is 5.11 Å². The van der Waals surface area contributed by atoms with E-state index in [1.54, 1.807) is 6.33 Å². The highest BCUT2D eigenvalue weighted by Gasteiger charge is 2.29. The van der Waals surface area contributed by atoms with E-state index >= 15 is 0 Å². The summed E-state index contributed by atoms with van der Waals surface area (Å²) in [7, 11) is 0. The second-order valence-electron chi connectivity index (χ2n) is 4.81. The van der Waals surface area contributed by atoms with Gasteiger partial charge < -0.3 is 5.11 Å². The van der Waals surface area contributed by atoms with E-state index in [2.05, 4.69) is 17.0 Å². The van der Waals surface area contributed by atoms with E-state index in [4.69, 9.17) is 0 Å². The molecule has 1 heterocycles. The van der Waals surface area contributed by atoms with Crippen molar-refractivity contribution < 1.29 is 5.11 Å². The first-order chi connectivity index (χ1) is 7.73. The molecule has 1 N–H and O–H groups in total. The van der Waals surface area contributed by atoms with Gasteiger partial charge in [0.25, 0.3) is 0 Å². The molecule has 0 amide bonds.